The molecule has 3 heterocycles. The molecule has 0 unspecified atom stereocenters. The lowest BCUT2D eigenvalue weighted by molar-refractivity contribution is 0.203. The summed E-state index contributed by atoms with van der Waals surface area (Å²) in [4.78, 5) is 11.9. The standard InChI is InChI=1S/C21H25N5O/c1-25-14-16(11-23-25)15-26-8-6-17(7-9-26)20-12-22-13-21(24-20)18-4-3-5-19(10-18)27-2/h3-5,10-14,17H,6-9,15H2,1-2H3. The molecular formula is C21H25N5O. The van der Waals surface area contributed by atoms with Crippen molar-refractivity contribution in [3.05, 3.63) is 60.3 Å². The first-order chi connectivity index (χ1) is 13.2. The molecule has 1 aliphatic heterocycles. The lowest BCUT2D eigenvalue weighted by atomic mass is 9.93. The molecule has 0 spiro atoms. The Bertz CT molecular complexity index is 899. The number of nitrogens with zero attached hydrogens (tertiary/aromatic N) is 5. The fraction of sp³-hybridized carbons (Fsp3) is 0.381. The molecule has 0 aliphatic carbocycles. The summed E-state index contributed by atoms with van der Waals surface area (Å²) in [6, 6.07) is 7.98. The minimum Gasteiger partial charge on any atom is -0.497 e. The largest absolute Gasteiger partial charge is 0.497 e. The van der Waals surface area contributed by atoms with Crippen molar-refractivity contribution in [1.82, 2.24) is 24.6 Å². The van der Waals surface area contributed by atoms with E-state index < -0.39 is 0 Å². The normalized spacial score (nSPS) is 15.8. The molecule has 3 aromatic rings. The Morgan fingerprint density at radius 1 is 1.15 bits per heavy atom. The molecule has 4 rings (SSSR count). The van der Waals surface area contributed by atoms with E-state index in [1.54, 1.807) is 7.11 Å². The third-order valence-electron chi connectivity index (χ3n) is 5.19. The highest BCUT2D eigenvalue weighted by Crippen LogP contribution is 2.29. The molecule has 0 atom stereocenters. The van der Waals surface area contributed by atoms with E-state index in [0.717, 1.165) is 55.2 Å². The van der Waals surface area contributed by atoms with E-state index in [-0.39, 0.29) is 0 Å². The van der Waals surface area contributed by atoms with Gasteiger partial charge in [0.2, 0.25) is 0 Å². The van der Waals surface area contributed by atoms with Crippen molar-refractivity contribution in [2.75, 3.05) is 20.2 Å². The maximum Gasteiger partial charge on any atom is 0.119 e. The van der Waals surface area contributed by atoms with Crippen LogP contribution in [0.1, 0.15) is 30.0 Å². The number of hydrogen-bond donors (Lipinski definition) is 0. The van der Waals surface area contributed by atoms with Crippen molar-refractivity contribution < 1.29 is 4.74 Å². The maximum absolute atomic E-state index is 5.33. The molecule has 1 fully saturated rings. The highest BCUT2D eigenvalue weighted by Gasteiger charge is 2.22. The number of ether oxygens (including phenoxy) is 1. The van der Waals surface area contributed by atoms with Crippen molar-refractivity contribution in [3.63, 3.8) is 0 Å². The third-order valence-corrected chi connectivity index (χ3v) is 5.19. The van der Waals surface area contributed by atoms with E-state index in [9.17, 15) is 0 Å². The molecule has 27 heavy (non-hydrogen) atoms. The number of piperidine rings is 1. The topological polar surface area (TPSA) is 56.1 Å². The number of likely N-dealkylation sites (tertiary alicyclic amines) is 1. The first kappa shape index (κ1) is 17.7. The SMILES string of the molecule is COc1cccc(-c2cncc(C3CCN(Cc4cnn(C)c4)CC3)n2)c1. The van der Waals surface area contributed by atoms with Crippen LogP contribution in [0, 0.1) is 0 Å². The zero-order valence-electron chi connectivity index (χ0n) is 15.9. The Morgan fingerprint density at radius 3 is 2.74 bits per heavy atom. The fourth-order valence-electron chi connectivity index (χ4n) is 3.70. The fourth-order valence-corrected chi connectivity index (χ4v) is 3.70. The Morgan fingerprint density at radius 2 is 2.00 bits per heavy atom. The number of methoxy groups -OCH3 is 1. The van der Waals surface area contributed by atoms with Crippen LogP contribution in [0.15, 0.2) is 49.1 Å². The van der Waals surface area contributed by atoms with Gasteiger partial charge in [-0.1, -0.05) is 12.1 Å². The average Bonchev–Trinajstić information content (AvgIpc) is 3.13. The van der Waals surface area contributed by atoms with E-state index in [1.807, 2.05) is 54.6 Å². The minimum absolute atomic E-state index is 0.466. The molecule has 2 aromatic heterocycles. The van der Waals surface area contributed by atoms with Gasteiger partial charge in [0.15, 0.2) is 0 Å². The smallest absolute Gasteiger partial charge is 0.119 e. The van der Waals surface area contributed by atoms with Gasteiger partial charge in [-0.25, -0.2) is 4.98 Å². The quantitative estimate of drug-likeness (QED) is 0.696. The molecule has 0 bridgehead atoms. The van der Waals surface area contributed by atoms with E-state index in [4.69, 9.17) is 9.72 Å². The van der Waals surface area contributed by atoms with Gasteiger partial charge in [0.1, 0.15) is 5.75 Å². The first-order valence-corrected chi connectivity index (χ1v) is 9.37. The van der Waals surface area contributed by atoms with Crippen LogP contribution in [-0.2, 0) is 13.6 Å². The van der Waals surface area contributed by atoms with Gasteiger partial charge in [0, 0.05) is 43.0 Å². The number of aromatic nitrogens is 4. The van der Waals surface area contributed by atoms with E-state index in [1.165, 1.54) is 5.56 Å². The molecule has 0 radical (unpaired) electrons. The minimum atomic E-state index is 0.466. The molecule has 6 heteroatoms. The van der Waals surface area contributed by atoms with Crippen LogP contribution in [0.25, 0.3) is 11.3 Å². The second-order valence-electron chi connectivity index (χ2n) is 7.13. The summed E-state index contributed by atoms with van der Waals surface area (Å²) < 4.78 is 7.19. The number of rotatable bonds is 5. The van der Waals surface area contributed by atoms with Crippen LogP contribution in [0.4, 0.5) is 0 Å². The summed E-state index contributed by atoms with van der Waals surface area (Å²) in [6.07, 6.45) is 10.0. The van der Waals surface area contributed by atoms with Crippen LogP contribution in [-0.4, -0.2) is 44.8 Å². The lowest BCUT2D eigenvalue weighted by Gasteiger charge is -2.31. The number of aryl methyl sites for hydroxylation is 1. The van der Waals surface area contributed by atoms with Gasteiger partial charge < -0.3 is 4.74 Å². The summed E-state index contributed by atoms with van der Waals surface area (Å²) >= 11 is 0. The number of benzene rings is 1. The Labute approximate surface area is 159 Å². The third kappa shape index (κ3) is 4.17. The van der Waals surface area contributed by atoms with E-state index in [0.29, 0.717) is 5.92 Å². The number of hydrogen-bond acceptors (Lipinski definition) is 5. The molecule has 0 saturated carbocycles. The summed E-state index contributed by atoms with van der Waals surface area (Å²) in [5.41, 5.74) is 4.31. The van der Waals surface area contributed by atoms with Gasteiger partial charge in [-0.2, -0.15) is 5.10 Å². The predicted octanol–water partition coefficient (Wildman–Crippen LogP) is 3.27. The van der Waals surface area contributed by atoms with E-state index in [2.05, 4.69) is 21.2 Å². The Kier molecular flexibility index (Phi) is 5.16. The van der Waals surface area contributed by atoms with Crippen molar-refractivity contribution >= 4 is 0 Å². The molecule has 1 saturated heterocycles. The molecule has 1 aromatic carbocycles. The van der Waals surface area contributed by atoms with Crippen molar-refractivity contribution in [2.45, 2.75) is 25.3 Å². The van der Waals surface area contributed by atoms with Crippen molar-refractivity contribution in [2.24, 2.45) is 7.05 Å². The summed E-state index contributed by atoms with van der Waals surface area (Å²) in [5.74, 6) is 1.30. The zero-order valence-corrected chi connectivity index (χ0v) is 15.9. The van der Waals surface area contributed by atoms with Gasteiger partial charge in [0.05, 0.1) is 30.9 Å². The monoisotopic (exact) mass is 363 g/mol. The second kappa shape index (κ2) is 7.88. The van der Waals surface area contributed by atoms with Crippen molar-refractivity contribution in [1.29, 1.82) is 0 Å². The van der Waals surface area contributed by atoms with Gasteiger partial charge >= 0.3 is 0 Å². The van der Waals surface area contributed by atoms with Crippen molar-refractivity contribution in [3.8, 4) is 17.0 Å². The summed E-state index contributed by atoms with van der Waals surface area (Å²) in [5, 5.41) is 4.26. The lowest BCUT2D eigenvalue weighted by Crippen LogP contribution is -2.32. The van der Waals surface area contributed by atoms with Crippen LogP contribution >= 0.6 is 0 Å². The molecule has 1 aliphatic rings. The zero-order chi connectivity index (χ0) is 18.6. The molecule has 6 nitrogen and oxygen atoms in total. The maximum atomic E-state index is 5.33. The predicted molar refractivity (Wildman–Crippen MR) is 104 cm³/mol. The van der Waals surface area contributed by atoms with Gasteiger partial charge in [-0.15, -0.1) is 0 Å². The molecular weight excluding hydrogens is 338 g/mol. The van der Waals surface area contributed by atoms with E-state index >= 15 is 0 Å². The summed E-state index contributed by atoms with van der Waals surface area (Å²) in [7, 11) is 3.64. The second-order valence-corrected chi connectivity index (χ2v) is 7.13. The highest BCUT2D eigenvalue weighted by atomic mass is 16.5. The summed E-state index contributed by atoms with van der Waals surface area (Å²) in [6.45, 7) is 3.12. The molecule has 0 N–H and O–H groups in total. The molecule has 0 amide bonds. The Hall–Kier alpha value is -2.73. The Balaban J connectivity index is 1.42. The van der Waals surface area contributed by atoms with Crippen LogP contribution < -0.4 is 4.74 Å². The highest BCUT2D eigenvalue weighted by molar-refractivity contribution is 5.60. The first-order valence-electron chi connectivity index (χ1n) is 9.37. The van der Waals surface area contributed by atoms with Gasteiger partial charge in [-0.3, -0.25) is 14.6 Å². The van der Waals surface area contributed by atoms with Gasteiger partial charge in [0.25, 0.3) is 0 Å². The van der Waals surface area contributed by atoms with Crippen LogP contribution in [0.2, 0.25) is 0 Å². The molecule has 140 valence electrons. The van der Waals surface area contributed by atoms with Crippen LogP contribution in [0.3, 0.4) is 0 Å². The average molecular weight is 363 g/mol. The van der Waals surface area contributed by atoms with Gasteiger partial charge in [-0.05, 0) is 38.1 Å². The van der Waals surface area contributed by atoms with Crippen LogP contribution in [0.5, 0.6) is 5.75 Å².